The van der Waals surface area contributed by atoms with Gasteiger partial charge in [0.05, 0.1) is 6.10 Å². The third-order valence-corrected chi connectivity index (χ3v) is 5.36. The second-order valence-corrected chi connectivity index (χ2v) is 7.95. The van der Waals surface area contributed by atoms with Crippen molar-refractivity contribution in [3.63, 3.8) is 0 Å². The van der Waals surface area contributed by atoms with Crippen molar-refractivity contribution in [1.82, 2.24) is 15.1 Å². The fraction of sp³-hybridized carbons (Fsp3) is 0.480. The number of hydrogen-bond donors (Lipinski definition) is 2. The summed E-state index contributed by atoms with van der Waals surface area (Å²) in [5.41, 5.74) is 3.14. The zero-order chi connectivity index (χ0) is 22.6. The van der Waals surface area contributed by atoms with Gasteiger partial charge in [-0.3, -0.25) is 9.69 Å². The van der Waals surface area contributed by atoms with Crippen LogP contribution in [0.15, 0.2) is 48.5 Å². The van der Waals surface area contributed by atoms with E-state index >= 15 is 0 Å². The number of nitrogens with one attached hydrogen (secondary N) is 1. The second kappa shape index (κ2) is 13.1. The van der Waals surface area contributed by atoms with E-state index < -0.39 is 6.10 Å². The molecule has 31 heavy (non-hydrogen) atoms. The summed E-state index contributed by atoms with van der Waals surface area (Å²) in [4.78, 5) is 16.6. The van der Waals surface area contributed by atoms with E-state index in [-0.39, 0.29) is 12.5 Å². The van der Waals surface area contributed by atoms with E-state index in [1.165, 1.54) is 11.1 Å². The van der Waals surface area contributed by atoms with Crippen LogP contribution in [0, 0.1) is 0 Å². The summed E-state index contributed by atoms with van der Waals surface area (Å²) in [7, 11) is 4.03. The van der Waals surface area contributed by atoms with Gasteiger partial charge < -0.3 is 20.1 Å². The molecule has 0 saturated heterocycles. The Morgan fingerprint density at radius 2 is 1.71 bits per heavy atom. The molecule has 6 nitrogen and oxygen atoms in total. The van der Waals surface area contributed by atoms with Crippen molar-refractivity contribution < 1.29 is 14.6 Å². The van der Waals surface area contributed by atoms with Crippen LogP contribution in [0.5, 0.6) is 5.75 Å². The molecular weight excluding hydrogens is 390 g/mol. The zero-order valence-corrected chi connectivity index (χ0v) is 19.3. The van der Waals surface area contributed by atoms with E-state index in [1.54, 1.807) is 24.3 Å². The predicted molar refractivity (Wildman–Crippen MR) is 126 cm³/mol. The number of nitrogens with zero attached hydrogens (tertiary/aromatic N) is 2. The third kappa shape index (κ3) is 8.69. The number of aliphatic hydroxyl groups excluding tert-OH is 1. The second-order valence-electron chi connectivity index (χ2n) is 7.95. The van der Waals surface area contributed by atoms with Gasteiger partial charge in [0.25, 0.3) is 5.91 Å². The number of likely N-dealkylation sites (N-methyl/N-ethyl adjacent to an activating group) is 2. The lowest BCUT2D eigenvalue weighted by atomic mass is 10.0. The minimum Gasteiger partial charge on any atom is -0.492 e. The molecule has 0 bridgehead atoms. The van der Waals surface area contributed by atoms with Crippen molar-refractivity contribution >= 4 is 5.91 Å². The molecule has 0 spiro atoms. The lowest BCUT2D eigenvalue weighted by Crippen LogP contribution is -2.38. The number of hydrogen-bond acceptors (Lipinski definition) is 5. The van der Waals surface area contributed by atoms with E-state index in [1.807, 2.05) is 20.2 Å². The molecule has 2 aromatic rings. The maximum atomic E-state index is 12.4. The molecule has 6 heteroatoms. The van der Waals surface area contributed by atoms with E-state index in [4.69, 9.17) is 4.74 Å². The zero-order valence-electron chi connectivity index (χ0n) is 19.3. The van der Waals surface area contributed by atoms with Crippen molar-refractivity contribution in [3.8, 4) is 5.75 Å². The van der Waals surface area contributed by atoms with Crippen LogP contribution in [0.2, 0.25) is 0 Å². The summed E-state index contributed by atoms with van der Waals surface area (Å²) >= 11 is 0. The van der Waals surface area contributed by atoms with Crippen molar-refractivity contribution in [2.45, 2.75) is 32.9 Å². The Hall–Kier alpha value is -2.41. The molecule has 0 aromatic heterocycles. The first-order chi connectivity index (χ1) is 14.9. The Morgan fingerprint density at radius 1 is 1.03 bits per heavy atom. The maximum Gasteiger partial charge on any atom is 0.251 e. The summed E-state index contributed by atoms with van der Waals surface area (Å²) in [6.45, 7) is 8.16. The molecule has 0 aliphatic heterocycles. The lowest BCUT2D eigenvalue weighted by Gasteiger charge is -2.22. The molecule has 2 rings (SSSR count). The number of benzene rings is 2. The Kier molecular flexibility index (Phi) is 10.5. The van der Waals surface area contributed by atoms with Gasteiger partial charge in [-0.25, -0.2) is 0 Å². The largest absolute Gasteiger partial charge is 0.492 e. The van der Waals surface area contributed by atoms with Gasteiger partial charge in [-0.2, -0.15) is 0 Å². The topological polar surface area (TPSA) is 65.0 Å². The molecule has 2 N–H and O–H groups in total. The van der Waals surface area contributed by atoms with Gasteiger partial charge in [0, 0.05) is 31.7 Å². The first kappa shape index (κ1) is 24.9. The number of amides is 1. The summed E-state index contributed by atoms with van der Waals surface area (Å²) in [6, 6.07) is 15.4. The monoisotopic (exact) mass is 427 g/mol. The fourth-order valence-corrected chi connectivity index (χ4v) is 3.33. The van der Waals surface area contributed by atoms with E-state index in [0.717, 1.165) is 31.8 Å². The van der Waals surface area contributed by atoms with Crippen LogP contribution in [0.25, 0.3) is 0 Å². The summed E-state index contributed by atoms with van der Waals surface area (Å²) in [5, 5.41) is 13.2. The number of carbonyl (C=O) groups excluding carboxylic acids is 1. The van der Waals surface area contributed by atoms with E-state index in [9.17, 15) is 9.90 Å². The van der Waals surface area contributed by atoms with Crippen LogP contribution < -0.4 is 10.1 Å². The minimum absolute atomic E-state index is 0.199. The molecule has 0 aliphatic rings. The van der Waals surface area contributed by atoms with Crippen molar-refractivity contribution in [2.75, 3.05) is 46.9 Å². The Labute approximate surface area is 186 Å². The van der Waals surface area contributed by atoms with Gasteiger partial charge in [0.2, 0.25) is 0 Å². The van der Waals surface area contributed by atoms with Gasteiger partial charge in [0.1, 0.15) is 12.4 Å². The molecule has 170 valence electrons. The Morgan fingerprint density at radius 3 is 2.35 bits per heavy atom. The molecule has 0 unspecified atom stereocenters. The van der Waals surface area contributed by atoms with Gasteiger partial charge in [0.15, 0.2) is 0 Å². The van der Waals surface area contributed by atoms with Crippen molar-refractivity contribution in [2.24, 2.45) is 0 Å². The van der Waals surface area contributed by atoms with Crippen molar-refractivity contribution in [1.29, 1.82) is 0 Å². The smallest absolute Gasteiger partial charge is 0.251 e. The molecule has 0 aliphatic carbocycles. The Balaban J connectivity index is 1.74. The molecule has 0 heterocycles. The average Bonchev–Trinajstić information content (AvgIpc) is 2.78. The summed E-state index contributed by atoms with van der Waals surface area (Å²) in [6.07, 6.45) is 0.350. The quantitative estimate of drug-likeness (QED) is 0.515. The molecule has 0 fully saturated rings. The number of aliphatic hydroxyl groups is 1. The third-order valence-electron chi connectivity index (χ3n) is 5.36. The van der Waals surface area contributed by atoms with Crippen molar-refractivity contribution in [3.05, 3.63) is 65.2 Å². The van der Waals surface area contributed by atoms with Crippen LogP contribution in [0.3, 0.4) is 0 Å². The first-order valence-electron chi connectivity index (χ1n) is 11.1. The molecular formula is C25H37N3O3. The first-order valence-corrected chi connectivity index (χ1v) is 11.1. The number of ether oxygens (including phenoxy) is 1. The number of rotatable bonds is 13. The van der Waals surface area contributed by atoms with E-state index in [2.05, 4.69) is 47.2 Å². The van der Waals surface area contributed by atoms with Crippen LogP contribution in [0.4, 0.5) is 0 Å². The highest BCUT2D eigenvalue weighted by Crippen LogP contribution is 2.13. The van der Waals surface area contributed by atoms with Gasteiger partial charge in [-0.05, 0) is 62.5 Å². The fourth-order valence-electron chi connectivity index (χ4n) is 3.33. The molecule has 0 radical (unpaired) electrons. The highest BCUT2D eigenvalue weighted by molar-refractivity contribution is 5.94. The van der Waals surface area contributed by atoms with Gasteiger partial charge in [-0.1, -0.05) is 38.1 Å². The van der Waals surface area contributed by atoms with Crippen LogP contribution in [0.1, 0.15) is 35.3 Å². The summed E-state index contributed by atoms with van der Waals surface area (Å²) in [5.74, 6) is 0.547. The van der Waals surface area contributed by atoms with Gasteiger partial charge in [-0.15, -0.1) is 0 Å². The summed E-state index contributed by atoms with van der Waals surface area (Å²) < 4.78 is 5.70. The molecule has 1 atom stereocenters. The number of carbonyl (C=O) groups is 1. The Bertz CT molecular complexity index is 795. The normalized spacial score (nSPS) is 12.2. The highest BCUT2D eigenvalue weighted by atomic mass is 16.5. The van der Waals surface area contributed by atoms with Crippen LogP contribution in [-0.2, 0) is 13.0 Å². The SMILES string of the molecule is CCc1ccccc1CN(C)C[C@@H](O)CNC(=O)c1ccc(OCCN(C)CC)cc1. The molecule has 2 aromatic carbocycles. The van der Waals surface area contributed by atoms with Gasteiger partial charge >= 0.3 is 0 Å². The maximum absolute atomic E-state index is 12.4. The minimum atomic E-state index is -0.638. The predicted octanol–water partition coefficient (Wildman–Crippen LogP) is 2.80. The lowest BCUT2D eigenvalue weighted by molar-refractivity contribution is 0.0876. The molecule has 1 amide bonds. The number of aryl methyl sites for hydroxylation is 1. The standard InChI is InChI=1S/C25H37N3O3/c1-5-20-9-7-8-10-22(20)18-28(4)19-23(29)17-26-25(30)21-11-13-24(14-12-21)31-16-15-27(3)6-2/h7-14,23,29H,5-6,15-19H2,1-4H3,(H,26,30)/t23-/m0/s1. The van der Waals surface area contributed by atoms with Crippen LogP contribution >= 0.6 is 0 Å². The average molecular weight is 428 g/mol. The highest BCUT2D eigenvalue weighted by Gasteiger charge is 2.13. The molecule has 0 saturated carbocycles. The van der Waals surface area contributed by atoms with E-state index in [0.29, 0.717) is 18.7 Å². The van der Waals surface area contributed by atoms with Crippen LogP contribution in [-0.4, -0.2) is 73.8 Å².